The minimum atomic E-state index is -0.366. The lowest BCUT2D eigenvalue weighted by Crippen LogP contribution is -2.30. The number of anilines is 1. The van der Waals surface area contributed by atoms with Gasteiger partial charge in [0.25, 0.3) is 11.5 Å². The van der Waals surface area contributed by atoms with Crippen molar-refractivity contribution in [3.8, 4) is 0 Å². The average Bonchev–Trinajstić information content (AvgIpc) is 2.85. The van der Waals surface area contributed by atoms with Crippen molar-refractivity contribution in [2.75, 3.05) is 5.32 Å². The number of rotatable bonds is 7. The predicted molar refractivity (Wildman–Crippen MR) is 133 cm³/mol. The van der Waals surface area contributed by atoms with Gasteiger partial charge in [0.1, 0.15) is 0 Å². The maximum atomic E-state index is 13.1. The molecule has 0 fully saturated rings. The SMILES string of the molecule is CC(C)C(=O)Nc1ccc(CNC(=O)c2nn(Cc3ccccc3)c(=O)c3ccccc23)cc1. The smallest absolute Gasteiger partial charge is 0.274 e. The molecule has 0 aliphatic rings. The largest absolute Gasteiger partial charge is 0.347 e. The Kier molecular flexibility index (Phi) is 6.82. The fraction of sp³-hybridized carbons (Fsp3) is 0.185. The minimum absolute atomic E-state index is 0.0513. The molecule has 0 unspecified atom stereocenters. The second-order valence-corrected chi connectivity index (χ2v) is 8.37. The van der Waals surface area contributed by atoms with E-state index in [4.69, 9.17) is 0 Å². The van der Waals surface area contributed by atoms with Crippen LogP contribution in [-0.2, 0) is 17.9 Å². The molecule has 0 aliphatic heterocycles. The van der Waals surface area contributed by atoms with Gasteiger partial charge in [0.15, 0.2) is 5.69 Å². The molecule has 1 aromatic heterocycles. The van der Waals surface area contributed by atoms with Crippen molar-refractivity contribution >= 4 is 28.3 Å². The van der Waals surface area contributed by atoms with Crippen molar-refractivity contribution in [3.63, 3.8) is 0 Å². The molecular formula is C27H26N4O3. The lowest BCUT2D eigenvalue weighted by Gasteiger charge is -2.12. The first-order chi connectivity index (χ1) is 16.4. The molecule has 0 saturated carbocycles. The third-order valence-electron chi connectivity index (χ3n) is 5.46. The van der Waals surface area contributed by atoms with Gasteiger partial charge in [0.2, 0.25) is 5.91 Å². The lowest BCUT2D eigenvalue weighted by atomic mass is 10.1. The van der Waals surface area contributed by atoms with Crippen molar-refractivity contribution in [2.24, 2.45) is 5.92 Å². The van der Waals surface area contributed by atoms with Gasteiger partial charge >= 0.3 is 0 Å². The number of carbonyl (C=O) groups is 2. The fourth-order valence-electron chi connectivity index (χ4n) is 3.52. The van der Waals surface area contributed by atoms with E-state index < -0.39 is 0 Å². The highest BCUT2D eigenvalue weighted by Crippen LogP contribution is 2.15. The molecule has 2 N–H and O–H groups in total. The number of fused-ring (bicyclic) bond motifs is 1. The molecule has 172 valence electrons. The summed E-state index contributed by atoms with van der Waals surface area (Å²) >= 11 is 0. The Bertz CT molecular complexity index is 1380. The summed E-state index contributed by atoms with van der Waals surface area (Å²) in [6.45, 7) is 4.22. The standard InChI is InChI=1S/C27H26N4O3/c1-18(2)25(32)29-21-14-12-19(13-15-21)16-28-26(33)24-22-10-6-7-11-23(22)27(34)31(30-24)17-20-8-4-3-5-9-20/h3-15,18H,16-17H2,1-2H3,(H,28,33)(H,29,32). The van der Waals surface area contributed by atoms with Crippen LogP contribution in [0.15, 0.2) is 83.7 Å². The van der Waals surface area contributed by atoms with Crippen LogP contribution >= 0.6 is 0 Å². The highest BCUT2D eigenvalue weighted by atomic mass is 16.2. The van der Waals surface area contributed by atoms with E-state index in [0.29, 0.717) is 16.5 Å². The van der Waals surface area contributed by atoms with Gasteiger partial charge < -0.3 is 10.6 Å². The predicted octanol–water partition coefficient (Wildman–Crippen LogP) is 3.97. The van der Waals surface area contributed by atoms with E-state index in [1.165, 1.54) is 4.68 Å². The Morgan fingerprint density at radius 2 is 1.50 bits per heavy atom. The van der Waals surface area contributed by atoms with Crippen molar-refractivity contribution in [1.82, 2.24) is 15.1 Å². The van der Waals surface area contributed by atoms with E-state index in [1.807, 2.05) is 56.3 Å². The van der Waals surface area contributed by atoms with Crippen LogP contribution in [0.25, 0.3) is 10.8 Å². The lowest BCUT2D eigenvalue weighted by molar-refractivity contribution is -0.118. The van der Waals surface area contributed by atoms with Crippen molar-refractivity contribution in [3.05, 3.63) is 106 Å². The first kappa shape index (κ1) is 22.9. The van der Waals surface area contributed by atoms with E-state index in [-0.39, 0.29) is 42.1 Å². The number of hydrogen-bond donors (Lipinski definition) is 2. The van der Waals surface area contributed by atoms with Crippen molar-refractivity contribution in [2.45, 2.75) is 26.9 Å². The normalized spacial score (nSPS) is 10.9. The van der Waals surface area contributed by atoms with Crippen LogP contribution in [-0.4, -0.2) is 21.6 Å². The summed E-state index contributed by atoms with van der Waals surface area (Å²) in [5.41, 5.74) is 2.46. The van der Waals surface area contributed by atoms with Crippen LogP contribution in [0.1, 0.15) is 35.5 Å². The summed E-state index contributed by atoms with van der Waals surface area (Å²) in [6.07, 6.45) is 0. The molecule has 0 radical (unpaired) electrons. The second-order valence-electron chi connectivity index (χ2n) is 8.37. The van der Waals surface area contributed by atoms with Gasteiger partial charge in [-0.05, 0) is 29.3 Å². The number of nitrogens with zero attached hydrogens (tertiary/aromatic N) is 2. The van der Waals surface area contributed by atoms with Gasteiger partial charge in [0.05, 0.1) is 11.9 Å². The molecule has 1 heterocycles. The zero-order valence-electron chi connectivity index (χ0n) is 19.1. The zero-order chi connectivity index (χ0) is 24.1. The zero-order valence-corrected chi connectivity index (χ0v) is 19.1. The summed E-state index contributed by atoms with van der Waals surface area (Å²) in [5, 5.41) is 11.1. The first-order valence-electron chi connectivity index (χ1n) is 11.1. The van der Waals surface area contributed by atoms with Crippen LogP contribution in [0.2, 0.25) is 0 Å². The number of benzene rings is 3. The fourth-order valence-corrected chi connectivity index (χ4v) is 3.52. The van der Waals surface area contributed by atoms with Gasteiger partial charge in [-0.25, -0.2) is 4.68 Å². The van der Waals surface area contributed by atoms with Crippen LogP contribution in [0.5, 0.6) is 0 Å². The molecule has 7 nitrogen and oxygen atoms in total. The van der Waals surface area contributed by atoms with Crippen LogP contribution in [0.3, 0.4) is 0 Å². The van der Waals surface area contributed by atoms with Crippen molar-refractivity contribution < 1.29 is 9.59 Å². The molecular weight excluding hydrogens is 428 g/mol. The molecule has 34 heavy (non-hydrogen) atoms. The topological polar surface area (TPSA) is 93.1 Å². The van der Waals surface area contributed by atoms with Gasteiger partial charge in [-0.3, -0.25) is 14.4 Å². The van der Waals surface area contributed by atoms with Crippen LogP contribution in [0.4, 0.5) is 5.69 Å². The molecule has 0 atom stereocenters. The average molecular weight is 455 g/mol. The van der Waals surface area contributed by atoms with Crippen LogP contribution < -0.4 is 16.2 Å². The molecule has 2 amide bonds. The maximum Gasteiger partial charge on any atom is 0.274 e. The third kappa shape index (κ3) is 5.20. The van der Waals surface area contributed by atoms with Crippen molar-refractivity contribution in [1.29, 1.82) is 0 Å². The van der Waals surface area contributed by atoms with Gasteiger partial charge in [-0.1, -0.05) is 74.5 Å². The number of amides is 2. The first-order valence-corrected chi connectivity index (χ1v) is 11.1. The number of aromatic nitrogens is 2. The van der Waals surface area contributed by atoms with E-state index in [2.05, 4.69) is 15.7 Å². The Labute approximate surface area is 197 Å². The van der Waals surface area contributed by atoms with E-state index in [0.717, 1.165) is 11.1 Å². The van der Waals surface area contributed by atoms with Crippen LogP contribution in [0, 0.1) is 5.92 Å². The number of carbonyl (C=O) groups excluding carboxylic acids is 2. The second kappa shape index (κ2) is 10.1. The Morgan fingerprint density at radius 1 is 0.853 bits per heavy atom. The summed E-state index contributed by atoms with van der Waals surface area (Å²) in [7, 11) is 0. The molecule has 4 aromatic rings. The Morgan fingerprint density at radius 3 is 2.18 bits per heavy atom. The number of hydrogen-bond acceptors (Lipinski definition) is 4. The Balaban J connectivity index is 1.54. The highest BCUT2D eigenvalue weighted by Gasteiger charge is 2.17. The monoisotopic (exact) mass is 454 g/mol. The quantitative estimate of drug-likeness (QED) is 0.442. The molecule has 0 aliphatic carbocycles. The summed E-state index contributed by atoms with van der Waals surface area (Å²) in [5.74, 6) is -0.522. The molecule has 3 aromatic carbocycles. The molecule has 0 spiro atoms. The van der Waals surface area contributed by atoms with Gasteiger partial charge in [0, 0.05) is 23.5 Å². The molecule has 4 rings (SSSR count). The summed E-state index contributed by atoms with van der Waals surface area (Å²) in [6, 6.07) is 23.8. The van der Waals surface area contributed by atoms with Gasteiger partial charge in [-0.2, -0.15) is 5.10 Å². The van der Waals surface area contributed by atoms with E-state index >= 15 is 0 Å². The molecule has 7 heteroatoms. The highest BCUT2D eigenvalue weighted by molar-refractivity contribution is 6.04. The van der Waals surface area contributed by atoms with E-state index in [1.54, 1.807) is 36.4 Å². The molecule has 0 bridgehead atoms. The van der Waals surface area contributed by atoms with E-state index in [9.17, 15) is 14.4 Å². The number of nitrogens with one attached hydrogen (secondary N) is 2. The summed E-state index contributed by atoms with van der Waals surface area (Å²) in [4.78, 5) is 37.9. The Hall–Kier alpha value is -4.26. The minimum Gasteiger partial charge on any atom is -0.347 e. The van der Waals surface area contributed by atoms with Gasteiger partial charge in [-0.15, -0.1) is 0 Å². The summed E-state index contributed by atoms with van der Waals surface area (Å²) < 4.78 is 1.33. The maximum absolute atomic E-state index is 13.1. The third-order valence-corrected chi connectivity index (χ3v) is 5.46. The molecule has 0 saturated heterocycles.